The van der Waals surface area contributed by atoms with Gasteiger partial charge >= 0.3 is 0 Å². The van der Waals surface area contributed by atoms with Crippen molar-refractivity contribution in [2.24, 2.45) is 0 Å². The molecule has 200 valence electrons. The van der Waals surface area contributed by atoms with Gasteiger partial charge in [-0.2, -0.15) is 0 Å². The number of aliphatic hydroxyl groups excluding tert-OH is 1. The fourth-order valence-electron chi connectivity index (χ4n) is 6.21. The van der Waals surface area contributed by atoms with Crippen LogP contribution in [0.4, 0.5) is 5.69 Å². The summed E-state index contributed by atoms with van der Waals surface area (Å²) < 4.78 is 2.13. The molecule has 6 nitrogen and oxygen atoms in total. The largest absolute Gasteiger partial charge is 0.369 e. The molecule has 0 fully saturated rings. The van der Waals surface area contributed by atoms with Crippen LogP contribution in [0.25, 0.3) is 49.7 Å². The Morgan fingerprint density at radius 1 is 0.619 bits per heavy atom. The van der Waals surface area contributed by atoms with E-state index in [1.807, 2.05) is 84.9 Å². The topological polar surface area (TPSA) is 71.2 Å². The first-order chi connectivity index (χ1) is 20.7. The van der Waals surface area contributed by atoms with Gasteiger partial charge in [-0.1, -0.05) is 84.9 Å². The van der Waals surface area contributed by atoms with Crippen LogP contribution in [0.3, 0.4) is 0 Å². The van der Waals surface area contributed by atoms with Crippen LogP contribution in [0.2, 0.25) is 0 Å². The molecule has 1 unspecified atom stereocenters. The van der Waals surface area contributed by atoms with Crippen molar-refractivity contribution in [3.8, 4) is 27.9 Å². The Hall–Kier alpha value is -5.59. The number of hydrogen-bond acceptors (Lipinski definition) is 4. The average molecular weight is 545 g/mol. The van der Waals surface area contributed by atoms with Crippen molar-refractivity contribution in [1.82, 2.24) is 14.5 Å². The van der Waals surface area contributed by atoms with Crippen LogP contribution in [-0.2, 0) is 0 Å². The Balaban J connectivity index is 1.33. The molecular weight excluding hydrogens is 520 g/mol. The third kappa shape index (κ3) is 3.59. The van der Waals surface area contributed by atoms with Gasteiger partial charge in [0.15, 0.2) is 6.23 Å². The molecule has 5 aromatic carbocycles. The first-order valence-corrected chi connectivity index (χ1v) is 13.8. The Morgan fingerprint density at radius 2 is 1.33 bits per heavy atom. The van der Waals surface area contributed by atoms with Crippen molar-refractivity contribution in [3.63, 3.8) is 0 Å². The molecule has 0 radical (unpaired) electrons. The second-order valence-electron chi connectivity index (χ2n) is 10.4. The number of rotatable bonds is 4. The molecule has 42 heavy (non-hydrogen) atoms. The van der Waals surface area contributed by atoms with Gasteiger partial charge in [0.05, 0.1) is 28.0 Å². The number of aromatic nitrogens is 3. The summed E-state index contributed by atoms with van der Waals surface area (Å²) in [6, 6.07) is 37.8. The van der Waals surface area contributed by atoms with Crippen molar-refractivity contribution >= 4 is 33.4 Å². The summed E-state index contributed by atoms with van der Waals surface area (Å²) in [5.41, 5.74) is 8.24. The second-order valence-corrected chi connectivity index (χ2v) is 10.4. The number of para-hydroxylation sites is 2. The maximum atomic E-state index is 14.4. The van der Waals surface area contributed by atoms with Crippen LogP contribution in [0.5, 0.6) is 0 Å². The monoisotopic (exact) mass is 544 g/mol. The lowest BCUT2D eigenvalue weighted by atomic mass is 10.0. The number of benzene rings is 5. The molecule has 0 saturated heterocycles. The van der Waals surface area contributed by atoms with Crippen molar-refractivity contribution in [3.05, 3.63) is 145 Å². The van der Waals surface area contributed by atoms with Gasteiger partial charge in [-0.25, -0.2) is 9.97 Å². The predicted molar refractivity (Wildman–Crippen MR) is 165 cm³/mol. The Bertz CT molecular complexity index is 2140. The van der Waals surface area contributed by atoms with Crippen LogP contribution >= 0.6 is 0 Å². The van der Waals surface area contributed by atoms with Gasteiger partial charge in [0.25, 0.3) is 5.91 Å². The molecule has 0 bridgehead atoms. The van der Waals surface area contributed by atoms with E-state index in [2.05, 4.69) is 44.9 Å². The van der Waals surface area contributed by atoms with E-state index in [0.717, 1.165) is 49.7 Å². The van der Waals surface area contributed by atoms with E-state index in [1.54, 1.807) is 12.4 Å². The summed E-state index contributed by atoms with van der Waals surface area (Å²) in [5, 5.41) is 13.8. The number of amides is 1. The van der Waals surface area contributed by atoms with Crippen LogP contribution in [0, 0.1) is 0 Å². The fraction of sp³-hybridized carbons (Fsp3) is 0.0278. The summed E-state index contributed by atoms with van der Waals surface area (Å²) in [4.78, 5) is 24.2. The smallest absolute Gasteiger partial charge is 0.263 e. The first kappa shape index (κ1) is 24.2. The van der Waals surface area contributed by atoms with Gasteiger partial charge in [0.1, 0.15) is 6.33 Å². The normalized spacial score (nSPS) is 14.5. The Kier molecular flexibility index (Phi) is 5.48. The molecule has 7 aromatic rings. The van der Waals surface area contributed by atoms with E-state index in [0.29, 0.717) is 16.8 Å². The molecule has 6 heteroatoms. The minimum atomic E-state index is -1.12. The van der Waals surface area contributed by atoms with Gasteiger partial charge in [0.2, 0.25) is 0 Å². The maximum Gasteiger partial charge on any atom is 0.263 e. The lowest BCUT2D eigenvalue weighted by Crippen LogP contribution is -2.28. The summed E-state index contributed by atoms with van der Waals surface area (Å²) >= 11 is 0. The molecule has 1 N–H and O–H groups in total. The van der Waals surface area contributed by atoms with E-state index in [1.165, 1.54) is 11.2 Å². The minimum Gasteiger partial charge on any atom is -0.369 e. The quantitative estimate of drug-likeness (QED) is 0.248. The molecule has 2 aromatic heterocycles. The number of nitrogens with zero attached hydrogens (tertiary/aromatic N) is 4. The number of carbonyl (C=O) groups excluding carboxylic acids is 1. The minimum absolute atomic E-state index is 0.236. The van der Waals surface area contributed by atoms with Gasteiger partial charge < -0.3 is 9.67 Å². The van der Waals surface area contributed by atoms with E-state index in [9.17, 15) is 9.90 Å². The lowest BCUT2D eigenvalue weighted by molar-refractivity contribution is 0.0935. The molecule has 1 atom stereocenters. The molecule has 1 amide bonds. The summed E-state index contributed by atoms with van der Waals surface area (Å²) in [5.74, 6) is -0.236. The van der Waals surface area contributed by atoms with Crippen LogP contribution in [0.15, 0.2) is 134 Å². The molecule has 0 spiro atoms. The fourth-order valence-corrected chi connectivity index (χ4v) is 6.21. The number of hydrogen-bond donors (Lipinski definition) is 1. The molecular formula is C36H24N4O2. The van der Waals surface area contributed by atoms with E-state index < -0.39 is 6.23 Å². The summed E-state index contributed by atoms with van der Waals surface area (Å²) in [7, 11) is 0. The van der Waals surface area contributed by atoms with E-state index in [-0.39, 0.29) is 5.91 Å². The van der Waals surface area contributed by atoms with Crippen LogP contribution in [-0.4, -0.2) is 25.5 Å². The highest BCUT2D eigenvalue weighted by molar-refractivity contribution is 6.16. The van der Waals surface area contributed by atoms with Gasteiger partial charge in [-0.3, -0.25) is 9.69 Å². The van der Waals surface area contributed by atoms with E-state index >= 15 is 0 Å². The highest BCUT2D eigenvalue weighted by Gasteiger charge is 2.40. The molecule has 1 aliphatic rings. The van der Waals surface area contributed by atoms with Crippen LogP contribution < -0.4 is 4.90 Å². The maximum absolute atomic E-state index is 14.4. The highest BCUT2D eigenvalue weighted by atomic mass is 16.3. The highest BCUT2D eigenvalue weighted by Crippen LogP contribution is 2.44. The van der Waals surface area contributed by atoms with Crippen LogP contribution in [0.1, 0.15) is 22.1 Å². The average Bonchev–Trinajstić information content (AvgIpc) is 3.52. The zero-order valence-corrected chi connectivity index (χ0v) is 22.4. The standard InChI is InChI=1S/C36H24N4O2/c41-35-28-13-8-16-33(34(28)36(42)40(35)30-14-6-4-11-26(30)23-9-2-1-3-10-23)39-31-15-7-5-12-27(31)29-19-24(17-18-32(29)39)25-20-37-22-38-21-25/h1-22,35,41H. The Morgan fingerprint density at radius 3 is 2.19 bits per heavy atom. The van der Waals surface area contributed by atoms with Gasteiger partial charge in [-0.05, 0) is 41.5 Å². The zero-order chi connectivity index (χ0) is 28.2. The first-order valence-electron chi connectivity index (χ1n) is 13.8. The molecule has 0 aliphatic carbocycles. The third-order valence-corrected chi connectivity index (χ3v) is 8.09. The summed E-state index contributed by atoms with van der Waals surface area (Å²) in [6.45, 7) is 0. The van der Waals surface area contributed by atoms with E-state index in [4.69, 9.17) is 0 Å². The van der Waals surface area contributed by atoms with Gasteiger partial charge in [-0.15, -0.1) is 0 Å². The van der Waals surface area contributed by atoms with Crippen molar-refractivity contribution in [2.75, 3.05) is 4.90 Å². The van der Waals surface area contributed by atoms with Gasteiger partial charge in [0, 0.05) is 39.9 Å². The molecule has 1 aliphatic heterocycles. The number of fused-ring (bicyclic) bond motifs is 4. The summed E-state index contributed by atoms with van der Waals surface area (Å²) in [6.07, 6.45) is 4.02. The molecule has 8 rings (SSSR count). The zero-order valence-electron chi connectivity index (χ0n) is 22.4. The number of carbonyl (C=O) groups is 1. The van der Waals surface area contributed by atoms with Crippen molar-refractivity contribution < 1.29 is 9.90 Å². The van der Waals surface area contributed by atoms with Crippen molar-refractivity contribution in [2.45, 2.75) is 6.23 Å². The third-order valence-electron chi connectivity index (χ3n) is 8.09. The number of anilines is 1. The lowest BCUT2D eigenvalue weighted by Gasteiger charge is -2.24. The SMILES string of the molecule is O=C1c2c(cccc2-n2c3ccccc3c3cc(-c4cncnc4)ccc32)C(O)N1c1ccccc1-c1ccccc1. The predicted octanol–water partition coefficient (Wildman–Crippen LogP) is 7.56. The molecule has 3 heterocycles. The van der Waals surface area contributed by atoms with Crippen molar-refractivity contribution in [1.29, 1.82) is 0 Å². The Labute approximate surface area is 241 Å². The molecule has 0 saturated carbocycles. The second kappa shape index (κ2) is 9.51. The number of aliphatic hydroxyl groups is 1.